The van der Waals surface area contributed by atoms with Crippen LogP contribution in [0, 0.1) is 0 Å². The van der Waals surface area contributed by atoms with Crippen molar-refractivity contribution in [3.8, 4) is 5.75 Å². The average Bonchev–Trinajstić information content (AvgIpc) is 2.90. The molecule has 1 aliphatic heterocycles. The van der Waals surface area contributed by atoms with Crippen LogP contribution < -0.4 is 20.3 Å². The molecule has 0 unspecified atom stereocenters. The average molecular weight is 463 g/mol. The van der Waals surface area contributed by atoms with Gasteiger partial charge in [0.05, 0.1) is 24.8 Å². The van der Waals surface area contributed by atoms with Crippen LogP contribution in [0.25, 0.3) is 11.0 Å². The molecule has 0 atom stereocenters. The topological polar surface area (TPSA) is 102 Å². The van der Waals surface area contributed by atoms with Crippen molar-refractivity contribution in [2.75, 3.05) is 43.6 Å². The van der Waals surface area contributed by atoms with Crippen LogP contribution >= 0.6 is 0 Å². The van der Waals surface area contributed by atoms with Crippen molar-refractivity contribution in [2.45, 2.75) is 37.8 Å². The predicted molar refractivity (Wildman–Crippen MR) is 130 cm³/mol. The van der Waals surface area contributed by atoms with Gasteiger partial charge in [0.25, 0.3) is 5.91 Å². The van der Waals surface area contributed by atoms with Gasteiger partial charge in [0.2, 0.25) is 0 Å². The first-order chi connectivity index (χ1) is 16.7. The zero-order chi connectivity index (χ0) is 23.3. The number of fused-ring (bicyclic) bond motifs is 1. The van der Waals surface area contributed by atoms with E-state index >= 15 is 0 Å². The first-order valence-corrected chi connectivity index (χ1v) is 11.9. The number of nitrogens with one attached hydrogen (secondary N) is 2. The van der Waals surface area contributed by atoms with Crippen molar-refractivity contribution in [3.05, 3.63) is 48.4 Å². The number of rotatable bonds is 6. The minimum Gasteiger partial charge on any atom is -0.488 e. The summed E-state index contributed by atoms with van der Waals surface area (Å²) in [7, 11) is 1.61. The second-order valence-corrected chi connectivity index (χ2v) is 8.69. The Balaban J connectivity index is 1.25. The lowest BCUT2D eigenvalue weighted by Crippen LogP contribution is -2.36. The highest BCUT2D eigenvalue weighted by Gasteiger charge is 2.24. The Hall–Kier alpha value is -3.46. The number of morpholine rings is 1. The molecule has 9 nitrogen and oxygen atoms in total. The van der Waals surface area contributed by atoms with E-state index in [1.54, 1.807) is 25.5 Å². The van der Waals surface area contributed by atoms with Gasteiger partial charge in [-0.05, 0) is 43.9 Å². The van der Waals surface area contributed by atoms with E-state index in [0.717, 1.165) is 80.3 Å². The summed E-state index contributed by atoms with van der Waals surface area (Å²) in [5, 5.41) is 6.09. The molecule has 2 fully saturated rings. The Morgan fingerprint density at radius 3 is 2.68 bits per heavy atom. The maximum absolute atomic E-state index is 11.9. The number of amides is 1. The number of pyridine rings is 1. The van der Waals surface area contributed by atoms with Gasteiger partial charge < -0.3 is 25.0 Å². The summed E-state index contributed by atoms with van der Waals surface area (Å²) in [6.45, 7) is 3.17. The second kappa shape index (κ2) is 10.2. The van der Waals surface area contributed by atoms with Crippen molar-refractivity contribution in [1.29, 1.82) is 0 Å². The molecule has 178 valence electrons. The molecular formula is C25H30N6O3. The fourth-order valence-electron chi connectivity index (χ4n) is 4.61. The van der Waals surface area contributed by atoms with Crippen LogP contribution in [0.1, 0.15) is 36.2 Å². The zero-order valence-corrected chi connectivity index (χ0v) is 19.4. The highest BCUT2D eigenvalue weighted by atomic mass is 16.5. The summed E-state index contributed by atoms with van der Waals surface area (Å²) >= 11 is 0. The summed E-state index contributed by atoms with van der Waals surface area (Å²) in [5.74, 6) is 1.34. The smallest absolute Gasteiger partial charge is 0.269 e. The lowest BCUT2D eigenvalue weighted by atomic mass is 9.93. The molecular weight excluding hydrogens is 432 g/mol. The predicted octanol–water partition coefficient (Wildman–Crippen LogP) is 3.02. The first kappa shape index (κ1) is 22.3. The molecule has 2 N–H and O–H groups in total. The lowest BCUT2D eigenvalue weighted by molar-refractivity contribution is 0.0958. The number of ether oxygens (including phenoxy) is 2. The normalized spacial score (nSPS) is 20.7. The van der Waals surface area contributed by atoms with Crippen molar-refractivity contribution in [1.82, 2.24) is 20.3 Å². The number of anilines is 2. The van der Waals surface area contributed by atoms with Crippen LogP contribution in [0.4, 0.5) is 11.5 Å². The van der Waals surface area contributed by atoms with E-state index in [9.17, 15) is 4.79 Å². The maximum atomic E-state index is 11.9. The fourth-order valence-corrected chi connectivity index (χ4v) is 4.61. The third kappa shape index (κ3) is 5.04. The lowest BCUT2D eigenvalue weighted by Gasteiger charge is -2.31. The number of carbonyl (C=O) groups excluding carboxylic acids is 1. The molecule has 3 aromatic rings. The van der Waals surface area contributed by atoms with Gasteiger partial charge in [0, 0.05) is 50.3 Å². The van der Waals surface area contributed by atoms with Gasteiger partial charge in [-0.15, -0.1) is 0 Å². The molecule has 34 heavy (non-hydrogen) atoms. The van der Waals surface area contributed by atoms with Crippen LogP contribution in [0.5, 0.6) is 5.75 Å². The van der Waals surface area contributed by atoms with Gasteiger partial charge >= 0.3 is 0 Å². The third-order valence-corrected chi connectivity index (χ3v) is 6.43. The summed E-state index contributed by atoms with van der Waals surface area (Å²) in [5.41, 5.74) is 3.16. The first-order valence-electron chi connectivity index (χ1n) is 11.9. The Morgan fingerprint density at radius 2 is 1.88 bits per heavy atom. The summed E-state index contributed by atoms with van der Waals surface area (Å²) in [6.07, 6.45) is 7.33. The van der Waals surface area contributed by atoms with Crippen molar-refractivity contribution >= 4 is 28.4 Å². The Bertz CT molecular complexity index is 1140. The van der Waals surface area contributed by atoms with Crippen LogP contribution in [-0.4, -0.2) is 66.4 Å². The second-order valence-electron chi connectivity index (χ2n) is 8.69. The van der Waals surface area contributed by atoms with Gasteiger partial charge in [-0.2, -0.15) is 0 Å². The van der Waals surface area contributed by atoms with Crippen LogP contribution in [0.15, 0.2) is 42.7 Å². The SMILES string of the molecule is CNC(=O)c1cccc(N[C@H]2CC[C@@H](Oc3cc(N4CCOCC4)cc4nccnc34)CC2)n1. The molecule has 2 aliphatic rings. The number of nitrogens with zero attached hydrogens (tertiary/aromatic N) is 4. The molecule has 1 saturated carbocycles. The Kier molecular flexibility index (Phi) is 6.71. The number of benzene rings is 1. The molecule has 1 aromatic carbocycles. The molecule has 1 saturated heterocycles. The number of carbonyl (C=O) groups is 1. The molecule has 0 spiro atoms. The molecule has 3 heterocycles. The largest absolute Gasteiger partial charge is 0.488 e. The number of hydrogen-bond acceptors (Lipinski definition) is 8. The molecule has 1 aliphatic carbocycles. The highest BCUT2D eigenvalue weighted by Crippen LogP contribution is 2.33. The van der Waals surface area contributed by atoms with Gasteiger partial charge in [-0.1, -0.05) is 6.07 Å². The van der Waals surface area contributed by atoms with Crippen molar-refractivity contribution in [3.63, 3.8) is 0 Å². The van der Waals surface area contributed by atoms with E-state index < -0.39 is 0 Å². The van der Waals surface area contributed by atoms with Gasteiger partial charge in [0.15, 0.2) is 0 Å². The highest BCUT2D eigenvalue weighted by molar-refractivity contribution is 5.92. The van der Waals surface area contributed by atoms with Gasteiger partial charge in [-0.3, -0.25) is 9.78 Å². The Morgan fingerprint density at radius 1 is 1.09 bits per heavy atom. The van der Waals surface area contributed by atoms with E-state index in [0.29, 0.717) is 11.7 Å². The van der Waals surface area contributed by atoms with E-state index in [-0.39, 0.29) is 12.0 Å². The summed E-state index contributed by atoms with van der Waals surface area (Å²) in [6, 6.07) is 9.94. The summed E-state index contributed by atoms with van der Waals surface area (Å²) < 4.78 is 12.0. The van der Waals surface area contributed by atoms with E-state index in [1.165, 1.54) is 0 Å². The molecule has 2 aromatic heterocycles. The van der Waals surface area contributed by atoms with Gasteiger partial charge in [0.1, 0.15) is 22.8 Å². The standard InChI is InChI=1S/C25H30N6O3/c1-26-25(32)20-3-2-4-23(30-20)29-17-5-7-19(8-6-17)34-22-16-18(31-11-13-33-14-12-31)15-21-24(22)28-10-9-27-21/h2-4,9-10,15-17,19H,5-8,11-14H2,1H3,(H,26,32)(H,29,30)/t17-,19+. The van der Waals surface area contributed by atoms with Crippen LogP contribution in [-0.2, 0) is 4.74 Å². The molecule has 1 amide bonds. The minimum absolute atomic E-state index is 0.119. The van der Waals surface area contributed by atoms with Gasteiger partial charge in [-0.25, -0.2) is 9.97 Å². The van der Waals surface area contributed by atoms with Crippen LogP contribution in [0.3, 0.4) is 0 Å². The Labute approximate surface area is 198 Å². The molecule has 9 heteroatoms. The van der Waals surface area contributed by atoms with E-state index in [2.05, 4.69) is 42.6 Å². The van der Waals surface area contributed by atoms with E-state index in [4.69, 9.17) is 9.47 Å². The summed E-state index contributed by atoms with van der Waals surface area (Å²) in [4.78, 5) is 27.7. The zero-order valence-electron chi connectivity index (χ0n) is 19.4. The fraction of sp³-hybridized carbons (Fsp3) is 0.440. The third-order valence-electron chi connectivity index (χ3n) is 6.43. The monoisotopic (exact) mass is 462 g/mol. The van der Waals surface area contributed by atoms with Crippen molar-refractivity contribution in [2.24, 2.45) is 0 Å². The molecule has 5 rings (SSSR count). The number of hydrogen-bond donors (Lipinski definition) is 2. The van der Waals surface area contributed by atoms with Crippen LogP contribution in [0.2, 0.25) is 0 Å². The van der Waals surface area contributed by atoms with E-state index in [1.807, 2.05) is 12.1 Å². The number of aromatic nitrogens is 3. The molecule has 0 radical (unpaired) electrons. The quantitative estimate of drug-likeness (QED) is 0.577. The minimum atomic E-state index is -0.185. The van der Waals surface area contributed by atoms with Crippen molar-refractivity contribution < 1.29 is 14.3 Å². The molecule has 0 bridgehead atoms. The maximum Gasteiger partial charge on any atom is 0.269 e.